The molecule has 8 heteroatoms. The van der Waals surface area contributed by atoms with Gasteiger partial charge in [-0.25, -0.2) is 19.6 Å². The number of pyridine rings is 1. The fraction of sp³-hybridized carbons (Fsp3) is 0.304. The van der Waals surface area contributed by atoms with Gasteiger partial charge in [-0.1, -0.05) is 11.6 Å². The zero-order valence-corrected chi connectivity index (χ0v) is 19.3. The van der Waals surface area contributed by atoms with E-state index < -0.39 is 0 Å². The molecule has 0 aliphatic heterocycles. The molecule has 31 heavy (non-hydrogen) atoms. The molecule has 0 N–H and O–H groups in total. The van der Waals surface area contributed by atoms with Crippen molar-refractivity contribution < 1.29 is 4.74 Å². The molecule has 0 amide bonds. The van der Waals surface area contributed by atoms with Gasteiger partial charge in [-0.05, 0) is 44.5 Å². The van der Waals surface area contributed by atoms with E-state index >= 15 is 0 Å². The van der Waals surface area contributed by atoms with Gasteiger partial charge in [-0.2, -0.15) is 5.10 Å². The van der Waals surface area contributed by atoms with Crippen LogP contribution in [0.15, 0.2) is 36.9 Å². The van der Waals surface area contributed by atoms with Crippen molar-refractivity contribution in [3.05, 3.63) is 58.8 Å². The van der Waals surface area contributed by atoms with Crippen molar-refractivity contribution >= 4 is 28.5 Å². The molecule has 3 aromatic heterocycles. The minimum atomic E-state index is -0.160. The van der Waals surface area contributed by atoms with Crippen molar-refractivity contribution in [3.8, 4) is 16.9 Å². The lowest BCUT2D eigenvalue weighted by Gasteiger charge is -2.22. The van der Waals surface area contributed by atoms with Gasteiger partial charge in [0.2, 0.25) is 0 Å². The average Bonchev–Trinajstić information content (AvgIpc) is 3.11. The molecule has 7 nitrogen and oxygen atoms in total. The first-order chi connectivity index (χ1) is 14.8. The van der Waals surface area contributed by atoms with Crippen molar-refractivity contribution in [2.75, 3.05) is 26.1 Å². The second kappa shape index (κ2) is 8.15. The minimum Gasteiger partial charge on any atom is -0.496 e. The summed E-state index contributed by atoms with van der Waals surface area (Å²) >= 11 is 6.70. The van der Waals surface area contributed by atoms with Crippen molar-refractivity contribution in [2.24, 2.45) is 0 Å². The summed E-state index contributed by atoms with van der Waals surface area (Å²) in [6.45, 7) is 6.02. The maximum Gasteiger partial charge on any atom is 0.161 e. The third-order valence-corrected chi connectivity index (χ3v) is 5.97. The predicted molar refractivity (Wildman–Crippen MR) is 124 cm³/mol. The molecule has 0 radical (unpaired) electrons. The number of fused-ring (bicyclic) bond motifs is 1. The lowest BCUT2D eigenvalue weighted by atomic mass is 9.94. The standard InChI is InChI=1S/C23H25ClN6O/c1-13-19(24)9-17(15(3)30-23-18(14(2)28-30)11-25-12-27-23)22(31-6)21(13)16-7-8-20(26-10-16)29(4)5/h7-12,15H,1-6H3. The van der Waals surface area contributed by atoms with Gasteiger partial charge >= 0.3 is 0 Å². The van der Waals surface area contributed by atoms with Gasteiger partial charge in [0.15, 0.2) is 5.65 Å². The molecular weight excluding hydrogens is 412 g/mol. The molecule has 4 aromatic rings. The Labute approximate surface area is 186 Å². The topological polar surface area (TPSA) is 69.0 Å². The van der Waals surface area contributed by atoms with E-state index in [2.05, 4.69) is 21.9 Å². The van der Waals surface area contributed by atoms with Crippen LogP contribution in [0.25, 0.3) is 22.2 Å². The first kappa shape index (κ1) is 21.1. The van der Waals surface area contributed by atoms with Crippen LogP contribution >= 0.6 is 11.6 Å². The second-order valence-corrected chi connectivity index (χ2v) is 8.15. The Bertz CT molecular complexity index is 1250. The smallest absolute Gasteiger partial charge is 0.161 e. The third-order valence-electron chi connectivity index (χ3n) is 5.58. The second-order valence-electron chi connectivity index (χ2n) is 7.75. The number of aromatic nitrogens is 5. The van der Waals surface area contributed by atoms with E-state index in [1.807, 2.05) is 61.9 Å². The van der Waals surface area contributed by atoms with Crippen LogP contribution in [0.5, 0.6) is 5.75 Å². The molecule has 0 bridgehead atoms. The van der Waals surface area contributed by atoms with E-state index in [1.165, 1.54) is 6.33 Å². The molecule has 4 rings (SSSR count). The van der Waals surface area contributed by atoms with E-state index in [9.17, 15) is 0 Å². The number of rotatable bonds is 5. The highest BCUT2D eigenvalue weighted by Crippen LogP contribution is 2.43. The molecule has 3 heterocycles. The summed E-state index contributed by atoms with van der Waals surface area (Å²) in [6, 6.07) is 5.82. The molecular formula is C23H25ClN6O. The van der Waals surface area contributed by atoms with Crippen molar-refractivity contribution in [2.45, 2.75) is 26.8 Å². The van der Waals surface area contributed by atoms with Gasteiger partial charge in [0.1, 0.15) is 17.9 Å². The largest absolute Gasteiger partial charge is 0.496 e. The van der Waals surface area contributed by atoms with Crippen LogP contribution in [0.3, 0.4) is 0 Å². The summed E-state index contributed by atoms with van der Waals surface area (Å²) in [5, 5.41) is 6.31. The summed E-state index contributed by atoms with van der Waals surface area (Å²) in [6.07, 6.45) is 5.18. The van der Waals surface area contributed by atoms with E-state index in [1.54, 1.807) is 13.3 Å². The Hall–Kier alpha value is -3.19. The summed E-state index contributed by atoms with van der Waals surface area (Å²) in [7, 11) is 5.61. The van der Waals surface area contributed by atoms with Crippen LogP contribution < -0.4 is 9.64 Å². The number of ether oxygens (including phenoxy) is 1. The Morgan fingerprint density at radius 2 is 1.90 bits per heavy atom. The number of hydrogen-bond acceptors (Lipinski definition) is 6. The lowest BCUT2D eigenvalue weighted by molar-refractivity contribution is 0.402. The zero-order valence-electron chi connectivity index (χ0n) is 18.5. The molecule has 160 valence electrons. The SMILES string of the molecule is COc1c(C(C)n2nc(C)c3cncnc32)cc(Cl)c(C)c1-c1ccc(N(C)C)nc1. The highest BCUT2D eigenvalue weighted by Gasteiger charge is 2.24. The summed E-state index contributed by atoms with van der Waals surface area (Å²) in [5.74, 6) is 1.64. The average molecular weight is 437 g/mol. The minimum absolute atomic E-state index is 0.160. The highest BCUT2D eigenvalue weighted by atomic mass is 35.5. The van der Waals surface area contributed by atoms with Crippen LogP contribution in [0, 0.1) is 13.8 Å². The monoisotopic (exact) mass is 436 g/mol. The van der Waals surface area contributed by atoms with Crippen LogP contribution in [0.4, 0.5) is 5.82 Å². The molecule has 1 unspecified atom stereocenters. The van der Waals surface area contributed by atoms with E-state index in [0.29, 0.717) is 5.02 Å². The predicted octanol–water partition coefficient (Wildman–Crippen LogP) is 4.84. The van der Waals surface area contributed by atoms with Crippen molar-refractivity contribution in [3.63, 3.8) is 0 Å². The number of benzene rings is 1. The fourth-order valence-corrected chi connectivity index (χ4v) is 4.06. The first-order valence-corrected chi connectivity index (χ1v) is 10.4. The fourth-order valence-electron chi connectivity index (χ4n) is 3.85. The van der Waals surface area contributed by atoms with E-state index in [0.717, 1.165) is 50.5 Å². The van der Waals surface area contributed by atoms with Crippen LogP contribution in [0.1, 0.15) is 29.8 Å². The Kier molecular flexibility index (Phi) is 5.54. The molecule has 0 spiro atoms. The number of aryl methyl sites for hydroxylation is 1. The van der Waals surface area contributed by atoms with Gasteiger partial charge in [-0.3, -0.25) is 0 Å². The first-order valence-electron chi connectivity index (χ1n) is 9.99. The van der Waals surface area contributed by atoms with Crippen LogP contribution in [-0.4, -0.2) is 45.9 Å². The molecule has 0 aliphatic rings. The molecule has 1 atom stereocenters. The molecule has 0 aliphatic carbocycles. The molecule has 0 saturated carbocycles. The van der Waals surface area contributed by atoms with Crippen LogP contribution in [-0.2, 0) is 0 Å². The Morgan fingerprint density at radius 1 is 1.13 bits per heavy atom. The quantitative estimate of drug-likeness (QED) is 0.445. The number of nitrogens with zero attached hydrogens (tertiary/aromatic N) is 6. The summed E-state index contributed by atoms with van der Waals surface area (Å²) in [5.41, 5.74) is 5.39. The van der Waals surface area contributed by atoms with Crippen molar-refractivity contribution in [1.29, 1.82) is 0 Å². The zero-order chi connectivity index (χ0) is 22.3. The maximum atomic E-state index is 6.70. The maximum absolute atomic E-state index is 6.70. The molecule has 0 fully saturated rings. The molecule has 0 saturated heterocycles. The van der Waals surface area contributed by atoms with Gasteiger partial charge in [0, 0.05) is 48.2 Å². The number of anilines is 1. The molecule has 1 aromatic carbocycles. The van der Waals surface area contributed by atoms with Gasteiger partial charge < -0.3 is 9.64 Å². The van der Waals surface area contributed by atoms with Gasteiger partial charge in [-0.15, -0.1) is 0 Å². The summed E-state index contributed by atoms with van der Waals surface area (Å²) < 4.78 is 7.83. The number of hydrogen-bond donors (Lipinski definition) is 0. The van der Waals surface area contributed by atoms with Crippen LogP contribution in [0.2, 0.25) is 5.02 Å². The van der Waals surface area contributed by atoms with Crippen molar-refractivity contribution in [1.82, 2.24) is 24.7 Å². The van der Waals surface area contributed by atoms with E-state index in [4.69, 9.17) is 21.4 Å². The van der Waals surface area contributed by atoms with E-state index in [-0.39, 0.29) is 6.04 Å². The number of halogens is 1. The Balaban J connectivity index is 1.91. The van der Waals surface area contributed by atoms with Gasteiger partial charge in [0.25, 0.3) is 0 Å². The third kappa shape index (κ3) is 3.59. The Morgan fingerprint density at radius 3 is 2.55 bits per heavy atom. The number of methoxy groups -OCH3 is 1. The normalized spacial score (nSPS) is 12.2. The lowest BCUT2D eigenvalue weighted by Crippen LogP contribution is -2.12. The summed E-state index contributed by atoms with van der Waals surface area (Å²) in [4.78, 5) is 15.1. The highest BCUT2D eigenvalue weighted by molar-refractivity contribution is 6.32. The van der Waals surface area contributed by atoms with Gasteiger partial charge in [0.05, 0.1) is 24.2 Å².